The third-order valence-electron chi connectivity index (χ3n) is 2.56. The highest BCUT2D eigenvalue weighted by molar-refractivity contribution is 7.92. The maximum atomic E-state index is 12.8. The molecular weight excluding hydrogens is 283 g/mol. The van der Waals surface area contributed by atoms with Crippen LogP contribution in [0, 0.1) is 0 Å². The number of carbonyl (C=O) groups is 1. The first-order valence-corrected chi connectivity index (χ1v) is 6.86. The number of hydrogen-bond acceptors (Lipinski definition) is 3. The Labute approximate surface area is 108 Å². The van der Waals surface area contributed by atoms with E-state index in [0.717, 1.165) is 18.2 Å². The minimum Gasteiger partial charge on any atom is -0.369 e. The zero-order valence-corrected chi connectivity index (χ0v) is 10.8. The third-order valence-corrected chi connectivity index (χ3v) is 4.85. The van der Waals surface area contributed by atoms with Crippen LogP contribution < -0.4 is 5.73 Å². The quantitative estimate of drug-likeness (QED) is 0.919. The molecule has 1 rings (SSSR count). The molecule has 19 heavy (non-hydrogen) atoms. The summed E-state index contributed by atoms with van der Waals surface area (Å²) < 4.78 is 62.4. The average Bonchev–Trinajstić information content (AvgIpc) is 2.27. The molecule has 0 heterocycles. The molecule has 0 aliphatic rings. The molecule has 0 spiro atoms. The second kappa shape index (κ2) is 5.20. The summed E-state index contributed by atoms with van der Waals surface area (Å²) in [6.45, 7) is 1.36. The minimum atomic E-state index is -4.82. The number of halogens is 3. The Morgan fingerprint density at radius 1 is 1.32 bits per heavy atom. The molecule has 0 aromatic heterocycles. The minimum absolute atomic E-state index is 0.191. The van der Waals surface area contributed by atoms with Crippen molar-refractivity contribution in [2.75, 3.05) is 0 Å². The van der Waals surface area contributed by atoms with Gasteiger partial charge in [0.2, 0.25) is 5.91 Å². The average molecular weight is 295 g/mol. The standard InChI is InChI=1S/C11H12F3NO3S/c1-2-8(10(15)16)19(17,18)9-6-4-3-5-7(9)11(12,13)14/h3-6,8H,2H2,1H3,(H2,15,16). The molecule has 2 N–H and O–H groups in total. The van der Waals surface area contributed by atoms with Crippen molar-refractivity contribution in [1.29, 1.82) is 0 Å². The second-order valence-electron chi connectivity index (χ2n) is 3.84. The van der Waals surface area contributed by atoms with Gasteiger partial charge in [-0.1, -0.05) is 19.1 Å². The van der Waals surface area contributed by atoms with Crippen molar-refractivity contribution in [3.8, 4) is 0 Å². The Morgan fingerprint density at radius 2 is 1.84 bits per heavy atom. The van der Waals surface area contributed by atoms with Gasteiger partial charge in [-0.2, -0.15) is 13.2 Å². The molecular formula is C11H12F3NO3S. The van der Waals surface area contributed by atoms with Crippen LogP contribution in [0.2, 0.25) is 0 Å². The van der Waals surface area contributed by atoms with Gasteiger partial charge in [-0.3, -0.25) is 4.79 Å². The molecule has 4 nitrogen and oxygen atoms in total. The van der Waals surface area contributed by atoms with Gasteiger partial charge in [0.15, 0.2) is 9.84 Å². The lowest BCUT2D eigenvalue weighted by Crippen LogP contribution is -2.36. The van der Waals surface area contributed by atoms with E-state index < -0.39 is 37.6 Å². The van der Waals surface area contributed by atoms with E-state index in [4.69, 9.17) is 5.73 Å². The summed E-state index contributed by atoms with van der Waals surface area (Å²) >= 11 is 0. The fourth-order valence-electron chi connectivity index (χ4n) is 1.68. The lowest BCUT2D eigenvalue weighted by atomic mass is 10.2. The van der Waals surface area contributed by atoms with Crippen LogP contribution in [0.25, 0.3) is 0 Å². The molecule has 1 aromatic rings. The number of carbonyl (C=O) groups excluding carboxylic acids is 1. The lowest BCUT2D eigenvalue weighted by molar-refractivity contribution is -0.140. The number of rotatable bonds is 4. The van der Waals surface area contributed by atoms with Crippen molar-refractivity contribution in [3.05, 3.63) is 29.8 Å². The molecule has 0 radical (unpaired) electrons. The van der Waals surface area contributed by atoms with Crippen LogP contribution in [0.1, 0.15) is 18.9 Å². The molecule has 1 atom stereocenters. The van der Waals surface area contributed by atoms with Crippen molar-refractivity contribution in [1.82, 2.24) is 0 Å². The highest BCUT2D eigenvalue weighted by Crippen LogP contribution is 2.35. The molecule has 0 fully saturated rings. The first-order chi connectivity index (χ1) is 8.62. The molecule has 0 saturated carbocycles. The fraction of sp³-hybridized carbons (Fsp3) is 0.364. The summed E-state index contributed by atoms with van der Waals surface area (Å²) in [7, 11) is -4.46. The van der Waals surface area contributed by atoms with Crippen LogP contribution in [-0.4, -0.2) is 19.6 Å². The van der Waals surface area contributed by atoms with E-state index in [1.807, 2.05) is 0 Å². The van der Waals surface area contributed by atoms with Crippen LogP contribution in [-0.2, 0) is 20.8 Å². The number of benzene rings is 1. The van der Waals surface area contributed by atoms with Gasteiger partial charge in [-0.25, -0.2) is 8.42 Å². The highest BCUT2D eigenvalue weighted by Gasteiger charge is 2.40. The lowest BCUT2D eigenvalue weighted by Gasteiger charge is -2.17. The van der Waals surface area contributed by atoms with Crippen molar-refractivity contribution in [3.63, 3.8) is 0 Å². The van der Waals surface area contributed by atoms with Gasteiger partial charge >= 0.3 is 6.18 Å². The summed E-state index contributed by atoms with van der Waals surface area (Å²) in [5.74, 6) is -1.17. The van der Waals surface area contributed by atoms with Gasteiger partial charge in [0.25, 0.3) is 0 Å². The molecule has 1 amide bonds. The summed E-state index contributed by atoms with van der Waals surface area (Å²) in [5.41, 5.74) is 3.63. The van der Waals surface area contributed by atoms with Crippen LogP contribution in [0.4, 0.5) is 13.2 Å². The molecule has 0 bridgehead atoms. The van der Waals surface area contributed by atoms with Gasteiger partial charge in [0.1, 0.15) is 5.25 Å². The topological polar surface area (TPSA) is 77.2 Å². The van der Waals surface area contributed by atoms with Gasteiger partial charge in [0, 0.05) is 0 Å². The van der Waals surface area contributed by atoms with E-state index in [2.05, 4.69) is 0 Å². The number of alkyl halides is 3. The summed E-state index contributed by atoms with van der Waals surface area (Å²) in [6.07, 6.45) is -5.01. The second-order valence-corrected chi connectivity index (χ2v) is 5.94. The number of amides is 1. The molecule has 1 unspecified atom stereocenters. The first kappa shape index (κ1) is 15.5. The summed E-state index contributed by atoms with van der Waals surface area (Å²) in [6, 6.07) is 3.72. The zero-order valence-electron chi connectivity index (χ0n) is 9.94. The first-order valence-electron chi connectivity index (χ1n) is 5.31. The monoisotopic (exact) mass is 295 g/mol. The third kappa shape index (κ3) is 3.06. The molecule has 1 aromatic carbocycles. The largest absolute Gasteiger partial charge is 0.417 e. The van der Waals surface area contributed by atoms with Crippen molar-refractivity contribution >= 4 is 15.7 Å². The molecule has 106 valence electrons. The highest BCUT2D eigenvalue weighted by atomic mass is 32.2. The van der Waals surface area contributed by atoms with Gasteiger partial charge in [0.05, 0.1) is 10.5 Å². The van der Waals surface area contributed by atoms with E-state index in [-0.39, 0.29) is 6.42 Å². The van der Waals surface area contributed by atoms with E-state index in [1.165, 1.54) is 6.92 Å². The normalized spacial score (nSPS) is 14.1. The summed E-state index contributed by atoms with van der Waals surface area (Å²) in [5, 5.41) is -1.67. The van der Waals surface area contributed by atoms with Crippen molar-refractivity contribution in [2.45, 2.75) is 29.7 Å². The predicted molar refractivity (Wildman–Crippen MR) is 61.9 cm³/mol. The van der Waals surface area contributed by atoms with Gasteiger partial charge in [-0.15, -0.1) is 0 Å². The number of primary amides is 1. The number of nitrogens with two attached hydrogens (primary N) is 1. The Balaban J connectivity index is 3.50. The van der Waals surface area contributed by atoms with E-state index in [1.54, 1.807) is 0 Å². The molecule has 0 aliphatic heterocycles. The van der Waals surface area contributed by atoms with Crippen LogP contribution in [0.3, 0.4) is 0 Å². The predicted octanol–water partition coefficient (Wildman–Crippen LogP) is 1.74. The van der Waals surface area contributed by atoms with E-state index >= 15 is 0 Å². The molecule has 0 aliphatic carbocycles. The molecule has 8 heteroatoms. The van der Waals surface area contributed by atoms with Crippen LogP contribution >= 0.6 is 0 Å². The Kier molecular flexibility index (Phi) is 4.24. The molecule has 0 saturated heterocycles. The number of sulfone groups is 1. The Bertz CT molecular complexity index is 581. The van der Waals surface area contributed by atoms with Crippen molar-refractivity contribution in [2.24, 2.45) is 5.73 Å². The van der Waals surface area contributed by atoms with Crippen molar-refractivity contribution < 1.29 is 26.4 Å². The van der Waals surface area contributed by atoms with E-state index in [9.17, 15) is 26.4 Å². The Hall–Kier alpha value is -1.57. The van der Waals surface area contributed by atoms with Crippen LogP contribution in [0.15, 0.2) is 29.2 Å². The fourth-order valence-corrected chi connectivity index (χ4v) is 3.49. The maximum Gasteiger partial charge on any atom is 0.417 e. The maximum absolute atomic E-state index is 12.8. The summed E-state index contributed by atoms with van der Waals surface area (Å²) in [4.78, 5) is 10.2. The van der Waals surface area contributed by atoms with Crippen LogP contribution in [0.5, 0.6) is 0 Å². The SMILES string of the molecule is CCC(C(N)=O)S(=O)(=O)c1ccccc1C(F)(F)F. The number of hydrogen-bond donors (Lipinski definition) is 1. The van der Waals surface area contributed by atoms with E-state index in [0.29, 0.717) is 6.07 Å². The zero-order chi connectivity index (χ0) is 14.8. The Morgan fingerprint density at radius 3 is 2.26 bits per heavy atom. The van der Waals surface area contributed by atoms with Gasteiger partial charge in [-0.05, 0) is 18.6 Å². The van der Waals surface area contributed by atoms with Gasteiger partial charge < -0.3 is 5.73 Å². The smallest absolute Gasteiger partial charge is 0.369 e.